The molecule has 0 aliphatic heterocycles. The van der Waals surface area contributed by atoms with Gasteiger partial charge in [0, 0.05) is 23.2 Å². The van der Waals surface area contributed by atoms with E-state index in [4.69, 9.17) is 11.6 Å². The quantitative estimate of drug-likeness (QED) is 0.913. The van der Waals surface area contributed by atoms with Crippen molar-refractivity contribution in [3.8, 4) is 0 Å². The van der Waals surface area contributed by atoms with Crippen molar-refractivity contribution in [1.82, 2.24) is 4.90 Å². The zero-order valence-electron chi connectivity index (χ0n) is 10.6. The lowest BCUT2D eigenvalue weighted by molar-refractivity contribution is 0.0814. The first kappa shape index (κ1) is 13.8. The van der Waals surface area contributed by atoms with Crippen LogP contribution in [-0.2, 0) is 6.54 Å². The molecule has 0 unspecified atom stereocenters. The molecule has 100 valence electrons. The molecule has 1 fully saturated rings. The molecule has 1 aromatic carbocycles. The molecular formula is C14H19ClFNO. The van der Waals surface area contributed by atoms with Gasteiger partial charge in [0.05, 0.1) is 6.10 Å². The summed E-state index contributed by atoms with van der Waals surface area (Å²) in [5.41, 5.74) is 0.635. The van der Waals surface area contributed by atoms with Crippen LogP contribution in [0.5, 0.6) is 0 Å². The number of aliphatic hydroxyl groups excluding tert-OH is 1. The van der Waals surface area contributed by atoms with Gasteiger partial charge in [0.25, 0.3) is 0 Å². The highest BCUT2D eigenvalue weighted by molar-refractivity contribution is 6.30. The van der Waals surface area contributed by atoms with Crippen molar-refractivity contribution in [2.24, 2.45) is 0 Å². The van der Waals surface area contributed by atoms with E-state index in [2.05, 4.69) is 4.90 Å². The molecule has 0 aromatic heterocycles. The van der Waals surface area contributed by atoms with Crippen LogP contribution in [0.15, 0.2) is 18.2 Å². The van der Waals surface area contributed by atoms with Gasteiger partial charge in [0.15, 0.2) is 0 Å². The lowest BCUT2D eigenvalue weighted by Gasteiger charge is -2.33. The van der Waals surface area contributed by atoms with Crippen molar-refractivity contribution in [3.05, 3.63) is 34.6 Å². The highest BCUT2D eigenvalue weighted by Crippen LogP contribution is 2.24. The molecule has 0 atom stereocenters. The van der Waals surface area contributed by atoms with Gasteiger partial charge in [0.2, 0.25) is 0 Å². The first-order chi connectivity index (χ1) is 8.56. The minimum absolute atomic E-state index is 0.155. The van der Waals surface area contributed by atoms with Crippen molar-refractivity contribution in [3.63, 3.8) is 0 Å². The van der Waals surface area contributed by atoms with Crippen LogP contribution >= 0.6 is 11.6 Å². The van der Waals surface area contributed by atoms with E-state index in [0.717, 1.165) is 25.7 Å². The number of benzene rings is 1. The molecule has 1 N–H and O–H groups in total. The number of halogens is 2. The molecule has 4 heteroatoms. The largest absolute Gasteiger partial charge is 0.393 e. The van der Waals surface area contributed by atoms with E-state index >= 15 is 0 Å². The monoisotopic (exact) mass is 271 g/mol. The lowest BCUT2D eigenvalue weighted by Crippen LogP contribution is -2.36. The molecule has 0 bridgehead atoms. The standard InChI is InChI=1S/C14H19ClFNO/c1-17(12-3-5-13(18)6-4-12)9-10-8-11(15)2-7-14(10)16/h2,7-8,12-13,18H,3-6,9H2,1H3. The summed E-state index contributed by atoms with van der Waals surface area (Å²) in [6.45, 7) is 0.563. The average Bonchev–Trinajstić information content (AvgIpc) is 2.34. The third kappa shape index (κ3) is 3.44. The molecule has 0 amide bonds. The van der Waals surface area contributed by atoms with Crippen molar-refractivity contribution in [1.29, 1.82) is 0 Å². The average molecular weight is 272 g/mol. The van der Waals surface area contributed by atoms with Gasteiger partial charge in [-0.15, -0.1) is 0 Å². The molecule has 0 spiro atoms. The van der Waals surface area contributed by atoms with Crippen molar-refractivity contribution in [2.75, 3.05) is 7.05 Å². The third-order valence-corrected chi connectivity index (χ3v) is 3.95. The van der Waals surface area contributed by atoms with E-state index in [1.54, 1.807) is 12.1 Å². The molecule has 0 heterocycles. The highest BCUT2D eigenvalue weighted by Gasteiger charge is 2.23. The van der Waals surface area contributed by atoms with Crippen LogP contribution < -0.4 is 0 Å². The Bertz CT molecular complexity index is 405. The Balaban J connectivity index is 1.98. The Morgan fingerprint density at radius 2 is 2.00 bits per heavy atom. The maximum absolute atomic E-state index is 13.6. The van der Waals surface area contributed by atoms with E-state index in [0.29, 0.717) is 23.2 Å². The fourth-order valence-corrected chi connectivity index (χ4v) is 2.76. The Hall–Kier alpha value is -0.640. The van der Waals surface area contributed by atoms with E-state index in [9.17, 15) is 9.50 Å². The van der Waals surface area contributed by atoms with Crippen LogP contribution in [0.2, 0.25) is 5.02 Å². The molecule has 0 radical (unpaired) electrons. The maximum atomic E-state index is 13.6. The fraction of sp³-hybridized carbons (Fsp3) is 0.571. The maximum Gasteiger partial charge on any atom is 0.127 e. The van der Waals surface area contributed by atoms with Gasteiger partial charge in [-0.1, -0.05) is 11.6 Å². The number of nitrogens with zero attached hydrogens (tertiary/aromatic N) is 1. The van der Waals surface area contributed by atoms with Crippen molar-refractivity contribution < 1.29 is 9.50 Å². The molecule has 1 aliphatic rings. The van der Waals surface area contributed by atoms with E-state index < -0.39 is 0 Å². The third-order valence-electron chi connectivity index (χ3n) is 3.72. The Kier molecular flexibility index (Phi) is 4.60. The molecule has 2 nitrogen and oxygen atoms in total. The summed E-state index contributed by atoms with van der Waals surface area (Å²) in [7, 11) is 2.00. The predicted octanol–water partition coefficient (Wildman–Crippen LogP) is 3.21. The van der Waals surface area contributed by atoms with Crippen LogP contribution in [-0.4, -0.2) is 29.2 Å². The number of aliphatic hydroxyl groups is 1. The summed E-state index contributed by atoms with van der Waals surface area (Å²) in [5, 5.41) is 10.1. The molecule has 2 rings (SSSR count). The SMILES string of the molecule is CN(Cc1cc(Cl)ccc1F)C1CCC(O)CC1. The van der Waals surface area contributed by atoms with Gasteiger partial charge in [-0.05, 0) is 50.9 Å². The first-order valence-electron chi connectivity index (χ1n) is 6.38. The summed E-state index contributed by atoms with van der Waals surface area (Å²) in [6, 6.07) is 5.09. The summed E-state index contributed by atoms with van der Waals surface area (Å²) in [6.07, 6.45) is 3.47. The fourth-order valence-electron chi connectivity index (χ4n) is 2.56. The summed E-state index contributed by atoms with van der Waals surface area (Å²) in [5.74, 6) is -0.206. The normalized spacial score (nSPS) is 24.5. The number of hydrogen-bond donors (Lipinski definition) is 1. The van der Waals surface area contributed by atoms with Crippen LogP contribution in [0, 0.1) is 5.82 Å². The van der Waals surface area contributed by atoms with E-state index in [1.165, 1.54) is 6.07 Å². The summed E-state index contributed by atoms with van der Waals surface area (Å²) < 4.78 is 13.6. The number of rotatable bonds is 3. The topological polar surface area (TPSA) is 23.5 Å². The van der Waals surface area contributed by atoms with Crippen molar-refractivity contribution >= 4 is 11.6 Å². The van der Waals surface area contributed by atoms with E-state index in [1.807, 2.05) is 7.05 Å². The smallest absolute Gasteiger partial charge is 0.127 e. The zero-order chi connectivity index (χ0) is 13.1. The summed E-state index contributed by atoms with van der Waals surface area (Å²) in [4.78, 5) is 2.15. The molecule has 0 saturated heterocycles. The van der Waals surface area contributed by atoms with Gasteiger partial charge in [-0.25, -0.2) is 4.39 Å². The predicted molar refractivity (Wildman–Crippen MR) is 71.1 cm³/mol. The van der Waals surface area contributed by atoms with Gasteiger partial charge >= 0.3 is 0 Å². The molecule has 18 heavy (non-hydrogen) atoms. The second-order valence-electron chi connectivity index (χ2n) is 5.11. The molecule has 1 aromatic rings. The highest BCUT2D eigenvalue weighted by atomic mass is 35.5. The summed E-state index contributed by atoms with van der Waals surface area (Å²) >= 11 is 5.89. The first-order valence-corrected chi connectivity index (χ1v) is 6.76. The minimum Gasteiger partial charge on any atom is -0.393 e. The second-order valence-corrected chi connectivity index (χ2v) is 5.55. The lowest BCUT2D eigenvalue weighted by atomic mass is 9.92. The second kappa shape index (κ2) is 6.00. The Labute approximate surface area is 112 Å². The Morgan fingerprint density at radius 3 is 2.67 bits per heavy atom. The zero-order valence-corrected chi connectivity index (χ0v) is 11.3. The molecular weight excluding hydrogens is 253 g/mol. The van der Waals surface area contributed by atoms with Gasteiger partial charge in [-0.3, -0.25) is 4.90 Å². The minimum atomic E-state index is -0.206. The van der Waals surface area contributed by atoms with Crippen molar-refractivity contribution in [2.45, 2.75) is 44.4 Å². The van der Waals surface area contributed by atoms with Crippen LogP contribution in [0.25, 0.3) is 0 Å². The van der Waals surface area contributed by atoms with Crippen LogP contribution in [0.4, 0.5) is 4.39 Å². The van der Waals surface area contributed by atoms with Gasteiger partial charge in [-0.2, -0.15) is 0 Å². The van der Waals surface area contributed by atoms with Crippen LogP contribution in [0.1, 0.15) is 31.2 Å². The molecule has 1 saturated carbocycles. The van der Waals surface area contributed by atoms with Gasteiger partial charge in [0.1, 0.15) is 5.82 Å². The van der Waals surface area contributed by atoms with Gasteiger partial charge < -0.3 is 5.11 Å². The van der Waals surface area contributed by atoms with E-state index in [-0.39, 0.29) is 11.9 Å². The Morgan fingerprint density at radius 1 is 1.33 bits per heavy atom. The number of hydrogen-bond acceptors (Lipinski definition) is 2. The molecule has 1 aliphatic carbocycles. The van der Waals surface area contributed by atoms with Crippen LogP contribution in [0.3, 0.4) is 0 Å².